The molecule has 2 aromatic heterocycles. The molecule has 0 atom stereocenters. The van der Waals surface area contributed by atoms with Crippen molar-refractivity contribution in [2.75, 3.05) is 0 Å². The first kappa shape index (κ1) is 8.21. The van der Waals surface area contributed by atoms with Gasteiger partial charge in [-0.25, -0.2) is 0 Å². The van der Waals surface area contributed by atoms with Gasteiger partial charge >= 0.3 is 0 Å². The molecule has 0 saturated carbocycles. The third kappa shape index (κ3) is 1.19. The van der Waals surface area contributed by atoms with Gasteiger partial charge in [0.2, 0.25) is 0 Å². The maximum Gasteiger partial charge on any atom is 0.0548 e. The summed E-state index contributed by atoms with van der Waals surface area (Å²) in [5.74, 6) is 0. The van der Waals surface area contributed by atoms with E-state index in [0.717, 1.165) is 0 Å². The van der Waals surface area contributed by atoms with E-state index in [2.05, 4.69) is 47.2 Å². The van der Waals surface area contributed by atoms with Crippen LogP contribution in [0.1, 0.15) is 0 Å². The predicted octanol–water partition coefficient (Wildman–Crippen LogP) is 4.43. The van der Waals surface area contributed by atoms with Crippen LogP contribution in [0.5, 0.6) is 0 Å². The summed E-state index contributed by atoms with van der Waals surface area (Å²) in [5.41, 5.74) is 1.25. The molecule has 0 saturated heterocycles. The highest BCUT2D eigenvalue weighted by Gasteiger charge is 2.06. The van der Waals surface area contributed by atoms with Crippen LogP contribution in [0.2, 0.25) is 0 Å². The van der Waals surface area contributed by atoms with Crippen LogP contribution in [-0.4, -0.2) is 0 Å². The van der Waals surface area contributed by atoms with E-state index < -0.39 is 0 Å². The Hall–Kier alpha value is -1.12. The Morgan fingerprint density at radius 2 is 1.93 bits per heavy atom. The molecular weight excluding hydrogens is 208 g/mol. The summed E-state index contributed by atoms with van der Waals surface area (Å²) in [7, 11) is 0. The third-order valence-electron chi connectivity index (χ3n) is 2.19. The van der Waals surface area contributed by atoms with E-state index in [1.165, 1.54) is 20.5 Å². The summed E-state index contributed by atoms with van der Waals surface area (Å²) in [6.07, 6.45) is 0. The fourth-order valence-corrected chi connectivity index (χ4v) is 3.19. The average molecular weight is 215 g/mol. The lowest BCUT2D eigenvalue weighted by Gasteiger charge is -1.93. The number of rotatable bonds is 1. The van der Waals surface area contributed by atoms with Crippen molar-refractivity contribution in [1.82, 2.24) is 0 Å². The van der Waals surface area contributed by atoms with Gasteiger partial charge in [-0.1, -0.05) is 24.3 Å². The molecule has 0 bridgehead atoms. The van der Waals surface area contributed by atoms with E-state index in [-0.39, 0.29) is 0 Å². The van der Waals surface area contributed by atoms with Gasteiger partial charge in [0.25, 0.3) is 0 Å². The molecule has 0 nitrogen and oxygen atoms in total. The molecule has 0 fully saturated rings. The SMILES string of the molecule is [c]1sc2ccccc2c1-c1cccs1. The molecule has 3 rings (SSSR count). The first-order valence-corrected chi connectivity index (χ1v) is 6.08. The highest BCUT2D eigenvalue weighted by atomic mass is 32.1. The van der Waals surface area contributed by atoms with Gasteiger partial charge in [-0.3, -0.25) is 0 Å². The number of hydrogen-bond acceptors (Lipinski definition) is 2. The first-order valence-electron chi connectivity index (χ1n) is 4.38. The Labute approximate surface area is 90.5 Å². The summed E-state index contributed by atoms with van der Waals surface area (Å²) < 4.78 is 1.32. The van der Waals surface area contributed by atoms with Crippen molar-refractivity contribution in [2.45, 2.75) is 0 Å². The summed E-state index contributed by atoms with van der Waals surface area (Å²) in [6.45, 7) is 0. The lowest BCUT2D eigenvalue weighted by atomic mass is 10.1. The molecule has 67 valence electrons. The maximum absolute atomic E-state index is 3.37. The van der Waals surface area contributed by atoms with Crippen molar-refractivity contribution in [3.05, 3.63) is 47.2 Å². The number of thiophene rings is 2. The van der Waals surface area contributed by atoms with Crippen LogP contribution in [0.4, 0.5) is 0 Å². The molecule has 0 spiro atoms. The standard InChI is InChI=1S/C12H7S2/c1-2-5-11-9(4-1)10(8-14-11)12-6-3-7-13-12/h1-7H. The largest absolute Gasteiger partial charge is 0.144 e. The fraction of sp³-hybridized carbons (Fsp3) is 0. The predicted molar refractivity (Wildman–Crippen MR) is 64.0 cm³/mol. The smallest absolute Gasteiger partial charge is 0.0548 e. The van der Waals surface area contributed by atoms with E-state index in [0.29, 0.717) is 0 Å². The summed E-state index contributed by atoms with van der Waals surface area (Å²) in [4.78, 5) is 1.31. The molecule has 2 heteroatoms. The molecule has 2 heterocycles. The van der Waals surface area contributed by atoms with Crippen LogP contribution in [0.15, 0.2) is 41.8 Å². The second kappa shape index (κ2) is 3.23. The highest BCUT2D eigenvalue weighted by molar-refractivity contribution is 7.18. The second-order valence-corrected chi connectivity index (χ2v) is 4.85. The molecule has 0 unspecified atom stereocenters. The molecule has 3 aromatic rings. The molecule has 1 radical (unpaired) electrons. The van der Waals surface area contributed by atoms with Crippen molar-refractivity contribution >= 4 is 32.8 Å². The van der Waals surface area contributed by atoms with E-state index in [9.17, 15) is 0 Å². The Morgan fingerprint density at radius 3 is 2.79 bits per heavy atom. The second-order valence-electron chi connectivity index (χ2n) is 3.05. The van der Waals surface area contributed by atoms with Crippen LogP contribution < -0.4 is 0 Å². The van der Waals surface area contributed by atoms with Crippen molar-refractivity contribution in [3.8, 4) is 10.4 Å². The topological polar surface area (TPSA) is 0 Å². The number of hydrogen-bond donors (Lipinski definition) is 0. The third-order valence-corrected chi connectivity index (χ3v) is 3.96. The van der Waals surface area contributed by atoms with Crippen molar-refractivity contribution in [2.24, 2.45) is 0 Å². The molecule has 1 aromatic carbocycles. The minimum atomic E-state index is 1.25. The highest BCUT2D eigenvalue weighted by Crippen LogP contribution is 2.35. The Kier molecular flexibility index (Phi) is 1.89. The quantitative estimate of drug-likeness (QED) is 0.563. The summed E-state index contributed by atoms with van der Waals surface area (Å²) >= 11 is 3.46. The van der Waals surface area contributed by atoms with Gasteiger partial charge < -0.3 is 0 Å². The van der Waals surface area contributed by atoms with Gasteiger partial charge in [0, 0.05) is 20.5 Å². The zero-order chi connectivity index (χ0) is 9.38. The summed E-state index contributed by atoms with van der Waals surface area (Å²) in [6, 6.07) is 12.7. The zero-order valence-electron chi connectivity index (χ0n) is 7.36. The van der Waals surface area contributed by atoms with Gasteiger partial charge in [-0.15, -0.1) is 22.7 Å². The molecule has 14 heavy (non-hydrogen) atoms. The van der Waals surface area contributed by atoms with E-state index >= 15 is 0 Å². The van der Waals surface area contributed by atoms with Gasteiger partial charge in [0.1, 0.15) is 0 Å². The van der Waals surface area contributed by atoms with Crippen molar-refractivity contribution in [3.63, 3.8) is 0 Å². The van der Waals surface area contributed by atoms with E-state index in [4.69, 9.17) is 0 Å². The maximum atomic E-state index is 3.37. The normalized spacial score (nSPS) is 10.9. The Balaban J connectivity index is 2.33. The van der Waals surface area contributed by atoms with E-state index in [1.807, 2.05) is 0 Å². The lowest BCUT2D eigenvalue weighted by molar-refractivity contribution is 1.84. The van der Waals surface area contributed by atoms with Gasteiger partial charge in [0.05, 0.1) is 5.38 Å². The molecule has 0 N–H and O–H groups in total. The minimum absolute atomic E-state index is 1.25. The van der Waals surface area contributed by atoms with Gasteiger partial charge in [0.15, 0.2) is 0 Å². The van der Waals surface area contributed by atoms with Gasteiger partial charge in [-0.2, -0.15) is 0 Å². The number of benzene rings is 1. The van der Waals surface area contributed by atoms with Crippen LogP contribution in [0.3, 0.4) is 0 Å². The van der Waals surface area contributed by atoms with Crippen LogP contribution in [-0.2, 0) is 0 Å². The van der Waals surface area contributed by atoms with Gasteiger partial charge in [-0.05, 0) is 17.5 Å². The van der Waals surface area contributed by atoms with E-state index in [1.54, 1.807) is 22.7 Å². The van der Waals surface area contributed by atoms with Crippen molar-refractivity contribution < 1.29 is 0 Å². The summed E-state index contributed by atoms with van der Waals surface area (Å²) in [5, 5.41) is 6.79. The fourth-order valence-electron chi connectivity index (χ4n) is 1.53. The Morgan fingerprint density at radius 1 is 1.00 bits per heavy atom. The number of fused-ring (bicyclic) bond motifs is 1. The first-order chi connectivity index (χ1) is 6.95. The molecule has 0 aliphatic carbocycles. The molecule has 0 aliphatic rings. The molecule has 0 aliphatic heterocycles. The average Bonchev–Trinajstić information content (AvgIpc) is 2.85. The minimum Gasteiger partial charge on any atom is -0.144 e. The Bertz CT molecular complexity index is 546. The van der Waals surface area contributed by atoms with Crippen molar-refractivity contribution in [1.29, 1.82) is 0 Å². The van der Waals surface area contributed by atoms with Crippen LogP contribution in [0, 0.1) is 5.38 Å². The van der Waals surface area contributed by atoms with Crippen LogP contribution in [0.25, 0.3) is 20.5 Å². The zero-order valence-corrected chi connectivity index (χ0v) is 8.99. The van der Waals surface area contributed by atoms with Crippen LogP contribution >= 0.6 is 22.7 Å². The molecular formula is C12H7S2. The monoisotopic (exact) mass is 215 g/mol. The molecule has 0 amide bonds. The lowest BCUT2D eigenvalue weighted by Crippen LogP contribution is -1.67.